The second kappa shape index (κ2) is 7.83. The van der Waals surface area contributed by atoms with Crippen LogP contribution in [0.5, 0.6) is 5.75 Å². The van der Waals surface area contributed by atoms with Crippen LogP contribution >= 0.6 is 0 Å². The molecule has 0 spiro atoms. The molecule has 5 nitrogen and oxygen atoms in total. The van der Waals surface area contributed by atoms with Crippen LogP contribution in [-0.4, -0.2) is 43.4 Å². The van der Waals surface area contributed by atoms with Gasteiger partial charge in [-0.1, -0.05) is 0 Å². The first-order valence-electron chi connectivity index (χ1n) is 6.89. The van der Waals surface area contributed by atoms with Crippen LogP contribution in [0.1, 0.15) is 20.8 Å². The largest absolute Gasteiger partial charge is 0.508 e. The van der Waals surface area contributed by atoms with E-state index in [1.165, 1.54) is 6.07 Å². The number of ether oxygens (including phenoxy) is 1. The van der Waals surface area contributed by atoms with Gasteiger partial charge in [0.1, 0.15) is 17.2 Å². The average Bonchev–Trinajstić information content (AvgIpc) is 2.39. The van der Waals surface area contributed by atoms with Gasteiger partial charge < -0.3 is 20.1 Å². The Bertz CT molecular complexity index is 455. The number of hydrogen-bond donors (Lipinski definition) is 2. The molecule has 2 rings (SSSR count). The standard InChI is InChI=1S/C10H13FN2O.C5H10O2/c11-9-7-8(14)1-2-10(9)13-5-3-12-4-6-13;1-5(2,3)7-4-6/h1-2,7,12,14H,3-6H2;4H,1-3H3. The van der Waals surface area contributed by atoms with Gasteiger partial charge in [-0.25, -0.2) is 4.39 Å². The monoisotopic (exact) mass is 298 g/mol. The fourth-order valence-electron chi connectivity index (χ4n) is 1.80. The zero-order valence-electron chi connectivity index (χ0n) is 12.7. The van der Waals surface area contributed by atoms with E-state index in [2.05, 4.69) is 10.1 Å². The lowest BCUT2D eigenvalue weighted by Crippen LogP contribution is -2.43. The predicted octanol–water partition coefficient (Wildman–Crippen LogP) is 1.90. The van der Waals surface area contributed by atoms with E-state index in [0.717, 1.165) is 32.2 Å². The Balaban J connectivity index is 0.000000270. The number of piperazine rings is 1. The summed E-state index contributed by atoms with van der Waals surface area (Å²) in [6, 6.07) is 4.29. The lowest BCUT2D eigenvalue weighted by atomic mass is 10.2. The normalized spacial score (nSPS) is 15.0. The van der Waals surface area contributed by atoms with Gasteiger partial charge in [-0.2, -0.15) is 0 Å². The second-order valence-corrected chi connectivity index (χ2v) is 5.70. The molecule has 1 aliphatic heterocycles. The summed E-state index contributed by atoms with van der Waals surface area (Å²) in [6.07, 6.45) is 0. The van der Waals surface area contributed by atoms with E-state index >= 15 is 0 Å². The van der Waals surface area contributed by atoms with Crippen LogP contribution in [0.4, 0.5) is 10.1 Å². The maximum absolute atomic E-state index is 13.4. The number of phenols is 1. The first kappa shape index (κ1) is 17.2. The maximum Gasteiger partial charge on any atom is 0.293 e. The predicted molar refractivity (Wildman–Crippen MR) is 80.0 cm³/mol. The highest BCUT2D eigenvalue weighted by Gasteiger charge is 2.14. The van der Waals surface area contributed by atoms with Crippen molar-refractivity contribution in [3.8, 4) is 5.75 Å². The summed E-state index contributed by atoms with van der Waals surface area (Å²) in [5.74, 6) is -0.381. The molecule has 0 bridgehead atoms. The van der Waals surface area contributed by atoms with E-state index < -0.39 is 0 Å². The molecule has 1 saturated heterocycles. The molecule has 0 atom stereocenters. The minimum Gasteiger partial charge on any atom is -0.508 e. The first-order valence-corrected chi connectivity index (χ1v) is 6.89. The van der Waals surface area contributed by atoms with Crippen LogP contribution in [0.2, 0.25) is 0 Å². The number of nitrogens with zero attached hydrogens (tertiary/aromatic N) is 1. The van der Waals surface area contributed by atoms with Crippen molar-refractivity contribution in [2.75, 3.05) is 31.1 Å². The molecular formula is C15H23FN2O3. The molecule has 0 aromatic heterocycles. The number of carbonyl (C=O) groups is 1. The zero-order chi connectivity index (χ0) is 15.9. The molecule has 21 heavy (non-hydrogen) atoms. The topological polar surface area (TPSA) is 61.8 Å². The lowest BCUT2D eigenvalue weighted by molar-refractivity contribution is -0.138. The third kappa shape index (κ3) is 6.44. The molecule has 0 saturated carbocycles. The van der Waals surface area contributed by atoms with E-state index in [0.29, 0.717) is 12.2 Å². The van der Waals surface area contributed by atoms with Crippen LogP contribution < -0.4 is 10.2 Å². The van der Waals surface area contributed by atoms with E-state index in [1.807, 2.05) is 25.7 Å². The Morgan fingerprint density at radius 2 is 1.95 bits per heavy atom. The van der Waals surface area contributed by atoms with E-state index in [4.69, 9.17) is 5.11 Å². The second-order valence-electron chi connectivity index (χ2n) is 5.70. The average molecular weight is 298 g/mol. The summed E-state index contributed by atoms with van der Waals surface area (Å²) in [5.41, 5.74) is 0.256. The molecule has 1 aliphatic rings. The summed E-state index contributed by atoms with van der Waals surface area (Å²) < 4.78 is 18.0. The van der Waals surface area contributed by atoms with Gasteiger partial charge >= 0.3 is 0 Å². The van der Waals surface area contributed by atoms with Crippen LogP contribution in [0.15, 0.2) is 18.2 Å². The Kier molecular flexibility index (Phi) is 6.42. The Labute approximate surface area is 124 Å². The summed E-state index contributed by atoms with van der Waals surface area (Å²) in [7, 11) is 0. The number of hydrogen-bond acceptors (Lipinski definition) is 5. The first-order chi connectivity index (χ1) is 9.83. The maximum atomic E-state index is 13.4. The Morgan fingerprint density at radius 3 is 2.38 bits per heavy atom. The summed E-state index contributed by atoms with van der Waals surface area (Å²) in [4.78, 5) is 11.6. The third-order valence-electron chi connectivity index (χ3n) is 2.79. The minimum atomic E-state index is -0.355. The summed E-state index contributed by atoms with van der Waals surface area (Å²) in [5, 5.41) is 12.3. The van der Waals surface area contributed by atoms with Crippen molar-refractivity contribution in [3.05, 3.63) is 24.0 Å². The highest BCUT2D eigenvalue weighted by atomic mass is 19.1. The number of rotatable bonds is 2. The minimum absolute atomic E-state index is 0.0265. The number of nitrogens with one attached hydrogen (secondary N) is 1. The van der Waals surface area contributed by atoms with Gasteiger partial charge in [0.05, 0.1) is 5.69 Å². The number of phenolic OH excluding ortho intramolecular Hbond substituents is 1. The molecule has 2 N–H and O–H groups in total. The molecule has 0 radical (unpaired) electrons. The highest BCUT2D eigenvalue weighted by Crippen LogP contribution is 2.23. The van der Waals surface area contributed by atoms with Crippen molar-refractivity contribution >= 4 is 12.2 Å². The van der Waals surface area contributed by atoms with Crippen molar-refractivity contribution in [2.24, 2.45) is 0 Å². The number of anilines is 1. The van der Waals surface area contributed by atoms with Crippen molar-refractivity contribution in [3.63, 3.8) is 0 Å². The molecule has 0 amide bonds. The van der Waals surface area contributed by atoms with Gasteiger partial charge in [-0.15, -0.1) is 0 Å². The Morgan fingerprint density at radius 1 is 1.33 bits per heavy atom. The molecule has 1 aromatic carbocycles. The summed E-state index contributed by atoms with van der Waals surface area (Å²) >= 11 is 0. The lowest BCUT2D eigenvalue weighted by Gasteiger charge is -2.29. The van der Waals surface area contributed by atoms with E-state index in [9.17, 15) is 9.18 Å². The molecule has 0 unspecified atom stereocenters. The molecule has 1 aromatic rings. The number of halogens is 1. The molecule has 6 heteroatoms. The molecular weight excluding hydrogens is 275 g/mol. The number of carbonyl (C=O) groups excluding carboxylic acids is 1. The number of aromatic hydroxyl groups is 1. The molecule has 1 heterocycles. The number of benzene rings is 1. The van der Waals surface area contributed by atoms with Crippen molar-refractivity contribution in [1.29, 1.82) is 0 Å². The molecule has 1 fully saturated rings. The van der Waals surface area contributed by atoms with Crippen LogP contribution in [0.3, 0.4) is 0 Å². The van der Waals surface area contributed by atoms with E-state index in [1.54, 1.807) is 6.07 Å². The van der Waals surface area contributed by atoms with Gasteiger partial charge in [0.15, 0.2) is 0 Å². The van der Waals surface area contributed by atoms with Crippen molar-refractivity contribution in [2.45, 2.75) is 26.4 Å². The van der Waals surface area contributed by atoms with Crippen LogP contribution in [-0.2, 0) is 9.53 Å². The smallest absolute Gasteiger partial charge is 0.293 e. The van der Waals surface area contributed by atoms with E-state index in [-0.39, 0.29) is 17.2 Å². The van der Waals surface area contributed by atoms with Crippen molar-refractivity contribution in [1.82, 2.24) is 5.32 Å². The van der Waals surface area contributed by atoms with Gasteiger partial charge in [-0.3, -0.25) is 4.79 Å². The van der Waals surface area contributed by atoms with Crippen molar-refractivity contribution < 1.29 is 19.0 Å². The van der Waals surface area contributed by atoms with Gasteiger partial charge in [0, 0.05) is 32.2 Å². The van der Waals surface area contributed by atoms with Gasteiger partial charge in [0.25, 0.3) is 6.47 Å². The van der Waals surface area contributed by atoms with Crippen LogP contribution in [0, 0.1) is 5.82 Å². The van der Waals surface area contributed by atoms with Gasteiger partial charge in [-0.05, 0) is 32.9 Å². The SMILES string of the molecule is CC(C)(C)OC=O.Oc1ccc(N2CCNCC2)c(F)c1. The quantitative estimate of drug-likeness (QED) is 0.817. The summed E-state index contributed by atoms with van der Waals surface area (Å²) in [6.45, 7) is 9.29. The fraction of sp³-hybridized carbons (Fsp3) is 0.533. The third-order valence-corrected chi connectivity index (χ3v) is 2.79. The van der Waals surface area contributed by atoms with Gasteiger partial charge in [0.2, 0.25) is 0 Å². The Hall–Kier alpha value is -1.82. The zero-order valence-corrected chi connectivity index (χ0v) is 12.7. The van der Waals surface area contributed by atoms with Crippen LogP contribution in [0.25, 0.3) is 0 Å². The molecule has 0 aliphatic carbocycles. The fourth-order valence-corrected chi connectivity index (χ4v) is 1.80. The highest BCUT2D eigenvalue weighted by molar-refractivity contribution is 5.50. The molecule has 118 valence electrons.